The second-order valence-corrected chi connectivity index (χ2v) is 5.38. The van der Waals surface area contributed by atoms with Crippen LogP contribution in [0.1, 0.15) is 27.0 Å². The van der Waals surface area contributed by atoms with E-state index < -0.39 is 0 Å². The van der Waals surface area contributed by atoms with Crippen LogP contribution in [0.4, 0.5) is 0 Å². The fourth-order valence-corrected chi connectivity index (χ4v) is 2.72. The summed E-state index contributed by atoms with van der Waals surface area (Å²) >= 11 is 0. The number of carbonyl (C=O) groups excluding carboxylic acids is 1. The van der Waals surface area contributed by atoms with Crippen molar-refractivity contribution < 1.29 is 9.53 Å². The molecule has 0 fully saturated rings. The number of ether oxygens (including phenoxy) is 1. The van der Waals surface area contributed by atoms with Crippen LogP contribution in [-0.2, 0) is 6.42 Å². The third-order valence-corrected chi connectivity index (χ3v) is 3.90. The van der Waals surface area contributed by atoms with E-state index in [-0.39, 0.29) is 5.78 Å². The van der Waals surface area contributed by atoms with Crippen LogP contribution in [0.15, 0.2) is 72.8 Å². The number of benzene rings is 3. The zero-order valence-corrected chi connectivity index (χ0v) is 12.0. The summed E-state index contributed by atoms with van der Waals surface area (Å²) in [6, 6.07) is 23.3. The normalized spacial score (nSPS) is 11.5. The van der Waals surface area contributed by atoms with Crippen molar-refractivity contribution in [2.45, 2.75) is 6.42 Å². The molecule has 2 heteroatoms. The predicted octanol–water partition coefficient (Wildman–Crippen LogP) is 4.61. The number of rotatable bonds is 4. The van der Waals surface area contributed by atoms with Gasteiger partial charge in [-0.15, -0.1) is 0 Å². The number of hydrogen-bond acceptors (Lipinski definition) is 2. The summed E-state index contributed by atoms with van der Waals surface area (Å²) in [4.78, 5) is 12.8. The lowest BCUT2D eigenvalue weighted by Gasteiger charge is -2.07. The summed E-state index contributed by atoms with van der Waals surface area (Å²) in [5.41, 5.74) is 3.59. The van der Waals surface area contributed by atoms with Gasteiger partial charge in [-0.1, -0.05) is 60.7 Å². The highest BCUT2D eigenvalue weighted by molar-refractivity contribution is 6.10. The van der Waals surface area contributed by atoms with Gasteiger partial charge in [0.15, 0.2) is 17.3 Å². The second-order valence-electron chi connectivity index (χ2n) is 5.38. The van der Waals surface area contributed by atoms with Crippen LogP contribution in [0.3, 0.4) is 0 Å². The van der Waals surface area contributed by atoms with Gasteiger partial charge in [0.2, 0.25) is 0 Å². The average Bonchev–Trinajstić information content (AvgIpc) is 3.36. The molecular weight excluding hydrogens is 272 g/mol. The summed E-state index contributed by atoms with van der Waals surface area (Å²) in [5, 5.41) is 0. The Morgan fingerprint density at radius 2 is 1.50 bits per heavy atom. The van der Waals surface area contributed by atoms with Gasteiger partial charge < -0.3 is 4.74 Å². The molecule has 2 nitrogen and oxygen atoms in total. The number of fused-ring (bicyclic) bond motifs is 1. The van der Waals surface area contributed by atoms with E-state index >= 15 is 0 Å². The Kier molecular flexibility index (Phi) is 3.01. The molecule has 0 aromatic heterocycles. The Balaban J connectivity index is 1.75. The van der Waals surface area contributed by atoms with Gasteiger partial charge in [-0.3, -0.25) is 4.79 Å². The minimum atomic E-state index is 0.0461. The van der Waals surface area contributed by atoms with Crippen LogP contribution in [0.2, 0.25) is 0 Å². The molecule has 1 aliphatic rings. The zero-order chi connectivity index (χ0) is 14.9. The topological polar surface area (TPSA) is 29.6 Å². The van der Waals surface area contributed by atoms with Crippen molar-refractivity contribution in [3.63, 3.8) is 0 Å². The third-order valence-electron chi connectivity index (χ3n) is 3.90. The molecule has 3 aromatic carbocycles. The predicted molar refractivity (Wildman–Crippen MR) is 85.6 cm³/mol. The second kappa shape index (κ2) is 5.15. The van der Waals surface area contributed by atoms with Crippen LogP contribution < -0.4 is 4.74 Å². The summed E-state index contributed by atoms with van der Waals surface area (Å²) < 4.78 is 5.52. The van der Waals surface area contributed by atoms with Gasteiger partial charge in [-0.25, -0.2) is 0 Å². The summed E-state index contributed by atoms with van der Waals surface area (Å²) in [6.07, 6.45) is 0.706. The van der Waals surface area contributed by atoms with Crippen molar-refractivity contribution in [3.05, 3.63) is 95.1 Å². The molecular formula is C20H14O2. The molecule has 0 amide bonds. The molecule has 0 N–H and O–H groups in total. The van der Waals surface area contributed by atoms with Crippen molar-refractivity contribution in [1.29, 1.82) is 0 Å². The zero-order valence-electron chi connectivity index (χ0n) is 12.0. The number of carbonyl (C=O) groups is 1. The lowest BCUT2D eigenvalue weighted by atomic mass is 9.94. The third kappa shape index (κ3) is 2.29. The molecule has 0 unspecified atom stereocenters. The first-order valence-electron chi connectivity index (χ1n) is 7.30. The van der Waals surface area contributed by atoms with E-state index in [0.717, 1.165) is 22.6 Å². The maximum Gasteiger partial charge on any atom is 0.193 e. The molecule has 1 heterocycles. The highest BCUT2D eigenvalue weighted by Gasteiger charge is 2.29. The van der Waals surface area contributed by atoms with Crippen molar-refractivity contribution in [2.75, 3.05) is 0 Å². The monoisotopic (exact) mass is 286 g/mol. The average molecular weight is 286 g/mol. The van der Waals surface area contributed by atoms with Crippen LogP contribution in [-0.4, -0.2) is 5.78 Å². The summed E-state index contributed by atoms with van der Waals surface area (Å²) in [6.45, 7) is 0. The molecule has 0 saturated carbocycles. The van der Waals surface area contributed by atoms with Gasteiger partial charge in [0.05, 0.1) is 0 Å². The SMILES string of the molecule is O=C(c1ccccc1)c1ccc2c(c1Cc1ccccc1)O2. The van der Waals surface area contributed by atoms with Crippen LogP contribution in [0.25, 0.3) is 0 Å². The maximum absolute atomic E-state index is 12.8. The van der Waals surface area contributed by atoms with E-state index in [2.05, 4.69) is 12.1 Å². The number of hydrogen-bond donors (Lipinski definition) is 0. The minimum Gasteiger partial charge on any atom is -0.449 e. The Morgan fingerprint density at radius 1 is 0.818 bits per heavy atom. The molecule has 0 aliphatic carbocycles. The molecule has 0 atom stereocenters. The van der Waals surface area contributed by atoms with Crippen LogP contribution in [0.5, 0.6) is 11.5 Å². The number of ketones is 1. The Bertz CT molecular complexity index is 836. The highest BCUT2D eigenvalue weighted by Crippen LogP contribution is 2.50. The largest absolute Gasteiger partial charge is 0.449 e. The van der Waals surface area contributed by atoms with E-state index in [1.807, 2.05) is 60.7 Å². The maximum atomic E-state index is 12.8. The highest BCUT2D eigenvalue weighted by atomic mass is 16.6. The Labute approximate surface area is 129 Å². The Morgan fingerprint density at radius 3 is 2.23 bits per heavy atom. The van der Waals surface area contributed by atoms with Gasteiger partial charge in [-0.05, 0) is 17.7 Å². The van der Waals surface area contributed by atoms with Gasteiger partial charge in [0.25, 0.3) is 0 Å². The van der Waals surface area contributed by atoms with Crippen molar-refractivity contribution >= 4 is 5.78 Å². The molecule has 0 saturated heterocycles. The molecule has 22 heavy (non-hydrogen) atoms. The van der Waals surface area contributed by atoms with Gasteiger partial charge in [0, 0.05) is 23.1 Å². The lowest BCUT2D eigenvalue weighted by molar-refractivity contribution is 0.103. The van der Waals surface area contributed by atoms with Gasteiger partial charge in [-0.2, -0.15) is 0 Å². The lowest BCUT2D eigenvalue weighted by Crippen LogP contribution is -2.05. The molecule has 0 bridgehead atoms. The molecule has 1 aliphatic heterocycles. The molecule has 4 rings (SSSR count). The quantitative estimate of drug-likeness (QED) is 0.405. The summed E-state index contributed by atoms with van der Waals surface area (Å²) in [5.74, 6) is 1.80. The minimum absolute atomic E-state index is 0.0461. The van der Waals surface area contributed by atoms with Crippen molar-refractivity contribution in [2.24, 2.45) is 0 Å². The first kappa shape index (κ1) is 12.8. The van der Waals surface area contributed by atoms with E-state index in [4.69, 9.17) is 4.74 Å². The first-order valence-corrected chi connectivity index (χ1v) is 7.30. The van der Waals surface area contributed by atoms with E-state index in [1.165, 1.54) is 5.56 Å². The molecule has 3 aromatic rings. The smallest absolute Gasteiger partial charge is 0.193 e. The van der Waals surface area contributed by atoms with E-state index in [1.54, 1.807) is 0 Å². The fourth-order valence-electron chi connectivity index (χ4n) is 2.72. The standard InChI is InChI=1S/C20H14O2/c21-19(15-9-5-2-6-10-15)16-11-12-18-20(22-18)17(16)13-14-7-3-1-4-8-14/h1-12H,13H2. The van der Waals surface area contributed by atoms with E-state index in [9.17, 15) is 4.79 Å². The fraction of sp³-hybridized carbons (Fsp3) is 0.0500. The van der Waals surface area contributed by atoms with Gasteiger partial charge >= 0.3 is 0 Å². The van der Waals surface area contributed by atoms with E-state index in [0.29, 0.717) is 12.0 Å². The molecule has 0 spiro atoms. The van der Waals surface area contributed by atoms with Crippen LogP contribution >= 0.6 is 0 Å². The van der Waals surface area contributed by atoms with Gasteiger partial charge in [0.1, 0.15) is 0 Å². The van der Waals surface area contributed by atoms with Crippen molar-refractivity contribution in [1.82, 2.24) is 0 Å². The van der Waals surface area contributed by atoms with Crippen LogP contribution in [0, 0.1) is 0 Å². The Hall–Kier alpha value is -2.87. The molecule has 106 valence electrons. The summed E-state index contributed by atoms with van der Waals surface area (Å²) in [7, 11) is 0. The molecule has 0 radical (unpaired) electrons. The van der Waals surface area contributed by atoms with Crippen molar-refractivity contribution in [3.8, 4) is 11.5 Å². The first-order chi connectivity index (χ1) is 10.8.